The maximum atomic E-state index is 11.9. The van der Waals surface area contributed by atoms with Gasteiger partial charge in [-0.2, -0.15) is 0 Å². The average Bonchev–Trinajstić information content (AvgIpc) is 2.93. The Labute approximate surface area is 261 Å². The molecule has 10 heteroatoms. The molecule has 0 aromatic rings. The van der Waals surface area contributed by atoms with Gasteiger partial charge < -0.3 is 34.1 Å². The van der Waals surface area contributed by atoms with Crippen LogP contribution in [0.4, 0.5) is 0 Å². The summed E-state index contributed by atoms with van der Waals surface area (Å²) < 4.78 is 26.6. The largest absolute Gasteiger partial charge is 0.481 e. The van der Waals surface area contributed by atoms with E-state index >= 15 is 0 Å². The highest BCUT2D eigenvalue weighted by Crippen LogP contribution is 2.15. The number of carboxylic acids is 1. The predicted molar refractivity (Wildman–Crippen MR) is 168 cm³/mol. The SMILES string of the molecule is CC(C)(C)OC(=O)CCCCCCCCCCCCCCCCC(=O)NCCOCCOCCOCCOCCC(=O)O. The highest BCUT2D eigenvalue weighted by molar-refractivity contribution is 5.75. The predicted octanol–water partition coefficient (Wildman–Crippen LogP) is 6.23. The molecule has 0 aromatic heterocycles. The van der Waals surface area contributed by atoms with Crippen LogP contribution in [0.5, 0.6) is 0 Å². The van der Waals surface area contributed by atoms with Gasteiger partial charge in [-0.15, -0.1) is 0 Å². The number of nitrogens with one attached hydrogen (secondary N) is 1. The molecule has 254 valence electrons. The lowest BCUT2D eigenvalue weighted by Crippen LogP contribution is -2.27. The quantitative estimate of drug-likeness (QED) is 0.0667. The molecular weight excluding hydrogens is 554 g/mol. The molecule has 10 nitrogen and oxygen atoms in total. The molecule has 0 unspecified atom stereocenters. The molecule has 0 aliphatic rings. The van der Waals surface area contributed by atoms with Crippen molar-refractivity contribution in [3.63, 3.8) is 0 Å². The Balaban J connectivity index is 3.22. The normalized spacial score (nSPS) is 11.5. The van der Waals surface area contributed by atoms with Gasteiger partial charge in [0.15, 0.2) is 0 Å². The van der Waals surface area contributed by atoms with Gasteiger partial charge in [0, 0.05) is 19.4 Å². The molecule has 0 fully saturated rings. The van der Waals surface area contributed by atoms with E-state index in [1.165, 1.54) is 64.2 Å². The van der Waals surface area contributed by atoms with E-state index in [0.29, 0.717) is 65.6 Å². The van der Waals surface area contributed by atoms with Gasteiger partial charge in [-0.25, -0.2) is 0 Å². The molecule has 2 N–H and O–H groups in total. The minimum Gasteiger partial charge on any atom is -0.481 e. The Hall–Kier alpha value is -1.75. The summed E-state index contributed by atoms with van der Waals surface area (Å²) in [5.74, 6) is -0.859. The summed E-state index contributed by atoms with van der Waals surface area (Å²) in [5, 5.41) is 11.4. The van der Waals surface area contributed by atoms with Gasteiger partial charge in [0.1, 0.15) is 5.60 Å². The van der Waals surface area contributed by atoms with Gasteiger partial charge in [-0.05, 0) is 33.6 Å². The van der Waals surface area contributed by atoms with Crippen molar-refractivity contribution in [3.05, 3.63) is 0 Å². The summed E-state index contributed by atoms with van der Waals surface area (Å²) in [6.07, 6.45) is 18.0. The standard InChI is InChI=1S/C33H63NO9/c1-33(2,3)43-32(38)19-17-15-13-11-9-7-5-4-6-8-10-12-14-16-18-30(35)34-21-23-40-25-27-42-29-28-41-26-24-39-22-20-31(36)37/h4-29H2,1-3H3,(H,34,35)(H,36,37). The summed E-state index contributed by atoms with van der Waals surface area (Å²) in [6.45, 7) is 9.51. The van der Waals surface area contributed by atoms with Crippen molar-refractivity contribution in [1.82, 2.24) is 5.32 Å². The van der Waals surface area contributed by atoms with Crippen LogP contribution in [0.1, 0.15) is 130 Å². The molecule has 0 saturated heterocycles. The lowest BCUT2D eigenvalue weighted by molar-refractivity contribution is -0.155. The van der Waals surface area contributed by atoms with E-state index in [9.17, 15) is 14.4 Å². The maximum absolute atomic E-state index is 11.9. The molecule has 0 rings (SSSR count). The number of unbranched alkanes of at least 4 members (excludes halogenated alkanes) is 13. The van der Waals surface area contributed by atoms with Crippen LogP contribution in [0.25, 0.3) is 0 Å². The fourth-order valence-corrected chi connectivity index (χ4v) is 4.34. The van der Waals surface area contributed by atoms with Crippen LogP contribution >= 0.6 is 0 Å². The second-order valence-corrected chi connectivity index (χ2v) is 12.0. The van der Waals surface area contributed by atoms with Crippen LogP contribution in [-0.4, -0.2) is 88.0 Å². The fourth-order valence-electron chi connectivity index (χ4n) is 4.34. The van der Waals surface area contributed by atoms with Crippen LogP contribution in [0, 0.1) is 0 Å². The van der Waals surface area contributed by atoms with E-state index in [4.69, 9.17) is 28.8 Å². The molecule has 0 aliphatic carbocycles. The summed E-state index contributed by atoms with van der Waals surface area (Å²) in [5.41, 5.74) is -0.379. The molecule has 0 heterocycles. The number of rotatable bonds is 32. The van der Waals surface area contributed by atoms with Crippen molar-refractivity contribution in [2.24, 2.45) is 0 Å². The summed E-state index contributed by atoms with van der Waals surface area (Å²) >= 11 is 0. The Morgan fingerprint density at radius 2 is 0.884 bits per heavy atom. The summed E-state index contributed by atoms with van der Waals surface area (Å²) in [7, 11) is 0. The zero-order valence-electron chi connectivity index (χ0n) is 27.6. The van der Waals surface area contributed by atoms with Crippen molar-refractivity contribution < 1.29 is 43.2 Å². The minimum absolute atomic E-state index is 0.000857. The molecule has 0 aliphatic heterocycles. The Bertz CT molecular complexity index is 667. The third-order valence-corrected chi connectivity index (χ3v) is 6.60. The number of carbonyl (C=O) groups excluding carboxylic acids is 2. The average molecular weight is 618 g/mol. The zero-order chi connectivity index (χ0) is 31.9. The molecular formula is C33H63NO9. The van der Waals surface area contributed by atoms with E-state index in [1.807, 2.05) is 20.8 Å². The van der Waals surface area contributed by atoms with Gasteiger partial charge in [0.2, 0.25) is 5.91 Å². The number of hydrogen-bond donors (Lipinski definition) is 2. The van der Waals surface area contributed by atoms with Gasteiger partial charge in [0.25, 0.3) is 0 Å². The van der Waals surface area contributed by atoms with E-state index in [0.717, 1.165) is 25.7 Å². The van der Waals surface area contributed by atoms with Crippen LogP contribution < -0.4 is 5.32 Å². The van der Waals surface area contributed by atoms with Crippen LogP contribution in [-0.2, 0) is 38.1 Å². The van der Waals surface area contributed by atoms with E-state index < -0.39 is 5.97 Å². The number of amides is 1. The topological polar surface area (TPSA) is 130 Å². The second-order valence-electron chi connectivity index (χ2n) is 12.0. The summed E-state index contributed by atoms with van der Waals surface area (Å²) in [6, 6.07) is 0. The first kappa shape index (κ1) is 41.2. The smallest absolute Gasteiger partial charge is 0.306 e. The molecule has 1 amide bonds. The Morgan fingerprint density at radius 3 is 1.30 bits per heavy atom. The summed E-state index contributed by atoms with van der Waals surface area (Å²) in [4.78, 5) is 34.0. The molecule has 43 heavy (non-hydrogen) atoms. The molecule has 0 atom stereocenters. The number of esters is 1. The number of aliphatic carboxylic acids is 1. The minimum atomic E-state index is -0.872. The molecule has 0 saturated carbocycles. The van der Waals surface area contributed by atoms with E-state index in [2.05, 4.69) is 5.32 Å². The highest BCUT2D eigenvalue weighted by Gasteiger charge is 2.15. The number of carboxylic acid groups (broad SMARTS) is 1. The first-order valence-corrected chi connectivity index (χ1v) is 16.7. The molecule has 0 radical (unpaired) electrons. The fraction of sp³-hybridized carbons (Fsp3) is 0.909. The highest BCUT2D eigenvalue weighted by atomic mass is 16.6. The van der Waals surface area contributed by atoms with Crippen LogP contribution in [0.3, 0.4) is 0 Å². The molecule has 0 bridgehead atoms. The van der Waals surface area contributed by atoms with Crippen LogP contribution in [0.2, 0.25) is 0 Å². The van der Waals surface area contributed by atoms with Crippen molar-refractivity contribution in [2.75, 3.05) is 59.4 Å². The lowest BCUT2D eigenvalue weighted by atomic mass is 10.0. The number of hydrogen-bond acceptors (Lipinski definition) is 8. The number of carbonyl (C=O) groups is 3. The maximum Gasteiger partial charge on any atom is 0.306 e. The first-order valence-electron chi connectivity index (χ1n) is 16.7. The Morgan fingerprint density at radius 1 is 0.512 bits per heavy atom. The van der Waals surface area contributed by atoms with Gasteiger partial charge in [-0.3, -0.25) is 14.4 Å². The van der Waals surface area contributed by atoms with Crippen molar-refractivity contribution in [1.29, 1.82) is 0 Å². The van der Waals surface area contributed by atoms with Crippen molar-refractivity contribution >= 4 is 17.8 Å². The van der Waals surface area contributed by atoms with E-state index in [1.54, 1.807) is 0 Å². The van der Waals surface area contributed by atoms with Gasteiger partial charge in [-0.1, -0.05) is 77.0 Å². The Kier molecular flexibility index (Phi) is 29.1. The van der Waals surface area contributed by atoms with Crippen molar-refractivity contribution in [3.8, 4) is 0 Å². The van der Waals surface area contributed by atoms with Gasteiger partial charge >= 0.3 is 11.9 Å². The third kappa shape index (κ3) is 36.3. The third-order valence-electron chi connectivity index (χ3n) is 6.60. The second kappa shape index (κ2) is 30.3. The molecule has 0 aromatic carbocycles. The lowest BCUT2D eigenvalue weighted by Gasteiger charge is -2.19. The monoisotopic (exact) mass is 617 g/mol. The molecule has 0 spiro atoms. The van der Waals surface area contributed by atoms with Gasteiger partial charge in [0.05, 0.1) is 59.3 Å². The van der Waals surface area contributed by atoms with Crippen LogP contribution in [0.15, 0.2) is 0 Å². The van der Waals surface area contributed by atoms with Crippen molar-refractivity contribution in [2.45, 2.75) is 136 Å². The first-order chi connectivity index (χ1) is 20.7. The number of ether oxygens (including phenoxy) is 5. The van der Waals surface area contributed by atoms with E-state index in [-0.39, 0.29) is 30.5 Å². The zero-order valence-corrected chi connectivity index (χ0v) is 27.6.